The van der Waals surface area contributed by atoms with E-state index in [0.717, 1.165) is 30.8 Å². The molecule has 1 saturated heterocycles. The Morgan fingerprint density at radius 2 is 2.04 bits per heavy atom. The molecule has 3 N–H and O–H groups in total. The third-order valence-corrected chi connectivity index (χ3v) is 4.81. The number of carbonyl (C=O) groups is 2. The fourth-order valence-electron chi connectivity index (χ4n) is 2.65. The lowest BCUT2D eigenvalue weighted by molar-refractivity contribution is 0.0728. The maximum absolute atomic E-state index is 12.6. The highest BCUT2D eigenvalue weighted by Crippen LogP contribution is 2.22. The number of urea groups is 1. The van der Waals surface area contributed by atoms with E-state index >= 15 is 0 Å². The minimum absolute atomic E-state index is 0.104. The number of nitrogens with one attached hydrogen (secondary N) is 3. The van der Waals surface area contributed by atoms with Crippen molar-refractivity contribution in [3.63, 3.8) is 0 Å². The molecule has 2 heterocycles. The van der Waals surface area contributed by atoms with Crippen LogP contribution in [-0.2, 0) is 0 Å². The first-order valence-electron chi connectivity index (χ1n) is 8.94. The number of amides is 3. The lowest BCUT2D eigenvalue weighted by Gasteiger charge is -2.27. The van der Waals surface area contributed by atoms with E-state index in [2.05, 4.69) is 26.1 Å². The number of carbonyl (C=O) groups excluding carboxylic acids is 2. The average molecular weight is 381 g/mol. The summed E-state index contributed by atoms with van der Waals surface area (Å²) in [5.74, 6) is 1.39. The fourth-order valence-corrected chi connectivity index (χ4v) is 3.08. The van der Waals surface area contributed by atoms with Crippen molar-refractivity contribution in [1.29, 1.82) is 0 Å². The van der Waals surface area contributed by atoms with Gasteiger partial charge in [0.2, 0.25) is 0 Å². The van der Waals surface area contributed by atoms with Crippen LogP contribution in [0.1, 0.15) is 42.2 Å². The lowest BCUT2D eigenvalue weighted by Crippen LogP contribution is -2.46. The zero-order valence-electron chi connectivity index (χ0n) is 15.7. The van der Waals surface area contributed by atoms with E-state index in [1.165, 1.54) is 0 Å². The van der Waals surface area contributed by atoms with Gasteiger partial charge in [0.25, 0.3) is 5.91 Å². The second kappa shape index (κ2) is 10.3. The first-order chi connectivity index (χ1) is 12.5. The van der Waals surface area contributed by atoms with Crippen molar-refractivity contribution in [2.75, 3.05) is 50.0 Å². The number of piperazine rings is 1. The Morgan fingerprint density at radius 3 is 2.69 bits per heavy atom. The van der Waals surface area contributed by atoms with Crippen LogP contribution in [0.25, 0.3) is 0 Å². The number of anilines is 1. The third kappa shape index (κ3) is 5.84. The van der Waals surface area contributed by atoms with Crippen LogP contribution in [0.3, 0.4) is 0 Å². The van der Waals surface area contributed by atoms with E-state index in [4.69, 9.17) is 0 Å². The second-order valence-corrected chi connectivity index (χ2v) is 7.44. The highest BCUT2D eigenvalue weighted by atomic mass is 32.2. The molecular weight excluding hydrogens is 352 g/mol. The van der Waals surface area contributed by atoms with Gasteiger partial charge in [-0.15, -0.1) is 10.2 Å². The zero-order chi connectivity index (χ0) is 18.9. The molecule has 8 nitrogen and oxygen atoms in total. The average Bonchev–Trinajstić information content (AvgIpc) is 2.65. The summed E-state index contributed by atoms with van der Waals surface area (Å²) in [5.41, 5.74) is 1.12. The maximum Gasteiger partial charge on any atom is 0.320 e. The van der Waals surface area contributed by atoms with Crippen LogP contribution in [0, 0.1) is 0 Å². The molecule has 0 saturated carbocycles. The van der Waals surface area contributed by atoms with Crippen LogP contribution in [-0.4, -0.2) is 71.8 Å². The topological polar surface area (TPSA) is 99.2 Å². The second-order valence-electron chi connectivity index (χ2n) is 6.46. The molecule has 26 heavy (non-hydrogen) atoms. The van der Waals surface area contributed by atoms with Gasteiger partial charge in [0.15, 0.2) is 11.5 Å². The van der Waals surface area contributed by atoms with E-state index in [1.807, 2.05) is 20.1 Å². The Morgan fingerprint density at radius 1 is 1.31 bits per heavy atom. The maximum atomic E-state index is 12.6. The fraction of sp³-hybridized carbons (Fsp3) is 0.647. The van der Waals surface area contributed by atoms with Crippen molar-refractivity contribution in [2.24, 2.45) is 0 Å². The molecule has 0 bridgehead atoms. The first-order valence-corrected chi connectivity index (χ1v) is 10.3. The van der Waals surface area contributed by atoms with Crippen LogP contribution in [0.5, 0.6) is 0 Å². The van der Waals surface area contributed by atoms with Crippen LogP contribution >= 0.6 is 11.8 Å². The molecule has 0 unspecified atom stereocenters. The molecule has 144 valence electrons. The number of aromatic nitrogens is 2. The van der Waals surface area contributed by atoms with Gasteiger partial charge in [0.1, 0.15) is 0 Å². The number of hydrogen-bond acceptors (Lipinski definition) is 6. The summed E-state index contributed by atoms with van der Waals surface area (Å²) in [6.45, 7) is 7.50. The Balaban J connectivity index is 2.05. The van der Waals surface area contributed by atoms with Gasteiger partial charge in [0, 0.05) is 38.3 Å². The van der Waals surface area contributed by atoms with Crippen LogP contribution < -0.4 is 16.0 Å². The van der Waals surface area contributed by atoms with Gasteiger partial charge in [0.05, 0.1) is 0 Å². The van der Waals surface area contributed by atoms with E-state index in [-0.39, 0.29) is 17.9 Å². The molecule has 0 aliphatic carbocycles. The van der Waals surface area contributed by atoms with Crippen molar-refractivity contribution in [2.45, 2.75) is 26.2 Å². The minimum Gasteiger partial charge on any atom is -0.338 e. The molecule has 0 spiro atoms. The van der Waals surface area contributed by atoms with Crippen molar-refractivity contribution in [3.8, 4) is 0 Å². The van der Waals surface area contributed by atoms with E-state index in [9.17, 15) is 9.59 Å². The zero-order valence-corrected chi connectivity index (χ0v) is 16.5. The highest BCUT2D eigenvalue weighted by Gasteiger charge is 2.22. The van der Waals surface area contributed by atoms with Gasteiger partial charge >= 0.3 is 6.03 Å². The predicted octanol–water partition coefficient (Wildman–Crippen LogP) is 1.52. The molecule has 3 amide bonds. The lowest BCUT2D eigenvalue weighted by atomic mass is 10.0. The summed E-state index contributed by atoms with van der Waals surface area (Å²) < 4.78 is 0. The largest absolute Gasteiger partial charge is 0.338 e. The Kier molecular flexibility index (Phi) is 8.11. The summed E-state index contributed by atoms with van der Waals surface area (Å²) in [6.07, 6.45) is 2.95. The van der Waals surface area contributed by atoms with Crippen LogP contribution in [0.2, 0.25) is 0 Å². The first kappa shape index (κ1) is 20.4. The van der Waals surface area contributed by atoms with E-state index in [1.54, 1.807) is 22.7 Å². The van der Waals surface area contributed by atoms with Gasteiger partial charge in [-0.2, -0.15) is 11.8 Å². The van der Waals surface area contributed by atoms with Crippen molar-refractivity contribution in [3.05, 3.63) is 17.3 Å². The van der Waals surface area contributed by atoms with E-state index < -0.39 is 0 Å². The van der Waals surface area contributed by atoms with Crippen molar-refractivity contribution in [1.82, 2.24) is 25.7 Å². The van der Waals surface area contributed by atoms with Crippen LogP contribution in [0.4, 0.5) is 10.6 Å². The summed E-state index contributed by atoms with van der Waals surface area (Å²) >= 11 is 1.75. The Labute approximate surface area is 158 Å². The van der Waals surface area contributed by atoms with Crippen molar-refractivity contribution < 1.29 is 9.59 Å². The van der Waals surface area contributed by atoms with Gasteiger partial charge in [-0.1, -0.05) is 13.8 Å². The standard InChI is InChI=1S/C17H28N6O2S/c1-12(2)13-11-14(16(24)23-8-6-18-7-9-23)21-22-15(13)20-17(25)19-5-4-10-26-3/h11-12,18H,4-10H2,1-3H3,(H2,19,20,22,25). The molecule has 1 aliphatic rings. The number of nitrogens with zero attached hydrogens (tertiary/aromatic N) is 3. The Bertz CT molecular complexity index is 619. The molecule has 1 aromatic rings. The summed E-state index contributed by atoms with van der Waals surface area (Å²) in [5, 5.41) is 16.9. The van der Waals surface area contributed by atoms with Crippen molar-refractivity contribution >= 4 is 29.5 Å². The number of thioether (sulfide) groups is 1. The highest BCUT2D eigenvalue weighted by molar-refractivity contribution is 7.98. The van der Waals surface area contributed by atoms with E-state index in [0.29, 0.717) is 31.1 Å². The van der Waals surface area contributed by atoms with Gasteiger partial charge < -0.3 is 15.5 Å². The van der Waals surface area contributed by atoms with Gasteiger partial charge in [-0.05, 0) is 30.4 Å². The minimum atomic E-state index is -0.302. The molecule has 2 rings (SSSR count). The third-order valence-electron chi connectivity index (χ3n) is 4.11. The summed E-state index contributed by atoms with van der Waals surface area (Å²) in [6, 6.07) is 1.44. The SMILES string of the molecule is CSCCCNC(=O)Nc1nnc(C(=O)N2CCNCC2)cc1C(C)C. The number of rotatable bonds is 7. The Hall–Kier alpha value is -1.87. The molecule has 1 aliphatic heterocycles. The molecule has 1 fully saturated rings. The summed E-state index contributed by atoms with van der Waals surface area (Å²) in [4.78, 5) is 26.4. The molecule has 1 aromatic heterocycles. The number of hydrogen-bond donors (Lipinski definition) is 3. The van der Waals surface area contributed by atoms with Gasteiger partial charge in [-0.3, -0.25) is 10.1 Å². The quantitative estimate of drug-likeness (QED) is 0.620. The molecule has 9 heteroatoms. The molecule has 0 atom stereocenters. The predicted molar refractivity (Wildman–Crippen MR) is 105 cm³/mol. The molecule has 0 aromatic carbocycles. The monoisotopic (exact) mass is 380 g/mol. The summed E-state index contributed by atoms with van der Waals surface area (Å²) in [7, 11) is 0. The van der Waals surface area contributed by atoms with Crippen LogP contribution in [0.15, 0.2) is 6.07 Å². The van der Waals surface area contributed by atoms with Gasteiger partial charge in [-0.25, -0.2) is 4.79 Å². The normalized spacial score (nSPS) is 14.4. The molecule has 0 radical (unpaired) electrons. The molecular formula is C17H28N6O2S. The smallest absolute Gasteiger partial charge is 0.320 e.